The van der Waals surface area contributed by atoms with Crippen molar-refractivity contribution in [3.63, 3.8) is 0 Å². The zero-order valence-corrected chi connectivity index (χ0v) is 12.4. The maximum absolute atomic E-state index is 12.6. The maximum Gasteiger partial charge on any atom is 0.340 e. The molecule has 7 nitrogen and oxygen atoms in total. The average molecular weight is 301 g/mol. The number of unbranched alkanes of at least 4 members (excludes halogenated alkanes) is 1. The fourth-order valence-electron chi connectivity index (χ4n) is 2.13. The molecule has 112 valence electrons. The molecule has 2 rings (SSSR count). The number of nitrogens with one attached hydrogen (secondary N) is 1. The van der Waals surface area contributed by atoms with E-state index in [9.17, 15) is 13.2 Å². The van der Waals surface area contributed by atoms with Gasteiger partial charge in [-0.25, -0.2) is 13.2 Å². The summed E-state index contributed by atoms with van der Waals surface area (Å²) in [6, 6.07) is -0.00907. The fraction of sp³-hybridized carbons (Fsp3) is 0.667. The van der Waals surface area contributed by atoms with Gasteiger partial charge < -0.3 is 5.11 Å². The van der Waals surface area contributed by atoms with Crippen LogP contribution in [0.1, 0.15) is 48.7 Å². The summed E-state index contributed by atoms with van der Waals surface area (Å²) in [7, 11) is -3.85. The summed E-state index contributed by atoms with van der Waals surface area (Å²) in [4.78, 5) is 11.2. The molecule has 1 heterocycles. The minimum Gasteiger partial charge on any atom is -0.478 e. The number of hydrogen-bond donors (Lipinski definition) is 2. The third kappa shape index (κ3) is 2.71. The highest BCUT2D eigenvalue weighted by atomic mass is 32.2. The van der Waals surface area contributed by atoms with E-state index in [4.69, 9.17) is 5.11 Å². The normalized spacial score (nSPS) is 15.8. The SMILES string of the molecule is CCCCN(C1CC1)S(=O)(=O)c1n[nH]c(C)c1C(=O)O. The Morgan fingerprint density at radius 2 is 2.15 bits per heavy atom. The van der Waals surface area contributed by atoms with Crippen LogP contribution in [0.15, 0.2) is 5.03 Å². The van der Waals surface area contributed by atoms with E-state index in [1.54, 1.807) is 0 Å². The molecular formula is C12H19N3O4S. The van der Waals surface area contributed by atoms with E-state index in [0.29, 0.717) is 6.54 Å². The van der Waals surface area contributed by atoms with Crippen molar-refractivity contribution in [2.75, 3.05) is 6.54 Å². The van der Waals surface area contributed by atoms with Crippen molar-refractivity contribution in [3.8, 4) is 0 Å². The Hall–Kier alpha value is -1.41. The number of rotatable bonds is 7. The number of H-pyrrole nitrogens is 1. The summed E-state index contributed by atoms with van der Waals surface area (Å²) in [5.74, 6) is -1.28. The van der Waals surface area contributed by atoms with Crippen molar-refractivity contribution in [3.05, 3.63) is 11.3 Å². The number of carboxylic acid groups (broad SMARTS) is 1. The summed E-state index contributed by atoms with van der Waals surface area (Å²) in [6.45, 7) is 3.90. The molecule has 8 heteroatoms. The second-order valence-electron chi connectivity index (χ2n) is 5.03. The Kier molecular flexibility index (Phi) is 4.14. The van der Waals surface area contributed by atoms with E-state index < -0.39 is 16.0 Å². The van der Waals surface area contributed by atoms with E-state index >= 15 is 0 Å². The lowest BCUT2D eigenvalue weighted by molar-refractivity contribution is 0.0691. The van der Waals surface area contributed by atoms with Gasteiger partial charge in [-0.3, -0.25) is 5.10 Å². The van der Waals surface area contributed by atoms with Crippen LogP contribution in [0.5, 0.6) is 0 Å². The second kappa shape index (κ2) is 5.53. The number of sulfonamides is 1. The van der Waals surface area contributed by atoms with Crippen molar-refractivity contribution >= 4 is 16.0 Å². The van der Waals surface area contributed by atoms with Gasteiger partial charge in [-0.05, 0) is 26.2 Å². The molecule has 0 atom stereocenters. The number of carboxylic acids is 1. The Bertz CT molecular complexity index is 604. The Morgan fingerprint density at radius 3 is 2.65 bits per heavy atom. The van der Waals surface area contributed by atoms with Crippen LogP contribution in [-0.4, -0.2) is 46.6 Å². The van der Waals surface area contributed by atoms with Crippen LogP contribution in [0.3, 0.4) is 0 Å². The highest BCUT2D eigenvalue weighted by Gasteiger charge is 2.41. The molecule has 0 spiro atoms. The number of carbonyl (C=O) groups is 1. The molecule has 0 unspecified atom stereocenters. The van der Waals surface area contributed by atoms with Gasteiger partial charge in [-0.15, -0.1) is 0 Å². The summed E-state index contributed by atoms with van der Waals surface area (Å²) in [5.41, 5.74) is -0.00513. The molecule has 1 aromatic rings. The highest BCUT2D eigenvalue weighted by Crippen LogP contribution is 2.33. The predicted molar refractivity (Wildman–Crippen MR) is 72.1 cm³/mol. The molecule has 1 aliphatic carbocycles. The van der Waals surface area contributed by atoms with Gasteiger partial charge in [0, 0.05) is 18.3 Å². The molecule has 1 aliphatic rings. The molecule has 20 heavy (non-hydrogen) atoms. The summed E-state index contributed by atoms with van der Waals surface area (Å²) in [5, 5.41) is 15.0. The van der Waals surface area contributed by atoms with Crippen LogP contribution >= 0.6 is 0 Å². The van der Waals surface area contributed by atoms with Gasteiger partial charge in [0.15, 0.2) is 0 Å². The lowest BCUT2D eigenvalue weighted by Crippen LogP contribution is -2.35. The quantitative estimate of drug-likeness (QED) is 0.791. The molecule has 1 aromatic heterocycles. The minimum absolute atomic E-state index is 0.00907. The molecule has 1 saturated carbocycles. The molecule has 2 N–H and O–H groups in total. The first-order valence-corrected chi connectivity index (χ1v) is 8.13. The molecule has 0 radical (unpaired) electrons. The van der Waals surface area contributed by atoms with Crippen molar-refractivity contribution in [2.45, 2.75) is 50.6 Å². The van der Waals surface area contributed by atoms with Crippen molar-refractivity contribution < 1.29 is 18.3 Å². The van der Waals surface area contributed by atoms with E-state index in [1.165, 1.54) is 11.2 Å². The van der Waals surface area contributed by atoms with Crippen LogP contribution < -0.4 is 0 Å². The Balaban J connectivity index is 2.40. The van der Waals surface area contributed by atoms with Gasteiger partial charge in [0.2, 0.25) is 5.03 Å². The molecule has 0 amide bonds. The molecular weight excluding hydrogens is 282 g/mol. The van der Waals surface area contributed by atoms with Gasteiger partial charge in [-0.2, -0.15) is 9.40 Å². The summed E-state index contributed by atoms with van der Waals surface area (Å²) < 4.78 is 26.7. The van der Waals surface area contributed by atoms with Crippen LogP contribution in [-0.2, 0) is 10.0 Å². The topological polar surface area (TPSA) is 103 Å². The Labute approximate surface area is 118 Å². The third-order valence-corrected chi connectivity index (χ3v) is 5.25. The van der Waals surface area contributed by atoms with Gasteiger partial charge in [-0.1, -0.05) is 13.3 Å². The number of aromatic nitrogens is 2. The second-order valence-corrected chi connectivity index (χ2v) is 6.84. The minimum atomic E-state index is -3.85. The van der Waals surface area contributed by atoms with Gasteiger partial charge >= 0.3 is 5.97 Å². The van der Waals surface area contributed by atoms with Crippen molar-refractivity contribution in [2.24, 2.45) is 0 Å². The number of aromatic carboxylic acids is 1. The van der Waals surface area contributed by atoms with Crippen LogP contribution in [0, 0.1) is 6.92 Å². The first-order chi connectivity index (χ1) is 9.39. The van der Waals surface area contributed by atoms with E-state index in [0.717, 1.165) is 25.7 Å². The zero-order chi connectivity index (χ0) is 14.9. The average Bonchev–Trinajstić information content (AvgIpc) is 3.10. The lowest BCUT2D eigenvalue weighted by atomic mass is 10.3. The van der Waals surface area contributed by atoms with Crippen LogP contribution in [0.4, 0.5) is 0 Å². The van der Waals surface area contributed by atoms with Crippen molar-refractivity contribution in [1.82, 2.24) is 14.5 Å². The number of hydrogen-bond acceptors (Lipinski definition) is 4. The number of nitrogens with zero attached hydrogens (tertiary/aromatic N) is 2. The molecule has 0 bridgehead atoms. The Morgan fingerprint density at radius 1 is 1.50 bits per heavy atom. The standard InChI is InChI=1S/C12H19N3O4S/c1-3-4-7-15(9-5-6-9)20(18,19)11-10(12(16)17)8(2)13-14-11/h9H,3-7H2,1-2H3,(H,13,14)(H,16,17). The molecule has 1 fully saturated rings. The first-order valence-electron chi connectivity index (χ1n) is 6.69. The number of aromatic amines is 1. The van der Waals surface area contributed by atoms with Crippen molar-refractivity contribution in [1.29, 1.82) is 0 Å². The predicted octanol–water partition coefficient (Wildman–Crippen LogP) is 1.37. The van der Waals surface area contributed by atoms with Gasteiger partial charge in [0.05, 0.1) is 0 Å². The maximum atomic E-state index is 12.6. The van der Waals surface area contributed by atoms with Crippen LogP contribution in [0.25, 0.3) is 0 Å². The van der Waals surface area contributed by atoms with Gasteiger partial charge in [0.1, 0.15) is 5.56 Å². The van der Waals surface area contributed by atoms with E-state index in [2.05, 4.69) is 10.2 Å². The molecule has 0 saturated heterocycles. The molecule has 0 aromatic carbocycles. The largest absolute Gasteiger partial charge is 0.478 e. The zero-order valence-electron chi connectivity index (χ0n) is 11.6. The van der Waals surface area contributed by atoms with Gasteiger partial charge in [0.25, 0.3) is 10.0 Å². The first kappa shape index (κ1) is 15.0. The van der Waals surface area contributed by atoms with E-state index in [-0.39, 0.29) is 22.3 Å². The monoisotopic (exact) mass is 301 g/mol. The summed E-state index contributed by atoms with van der Waals surface area (Å²) in [6.07, 6.45) is 3.29. The lowest BCUT2D eigenvalue weighted by Gasteiger charge is -2.20. The third-order valence-electron chi connectivity index (χ3n) is 3.37. The summed E-state index contributed by atoms with van der Waals surface area (Å²) >= 11 is 0. The van der Waals surface area contributed by atoms with Crippen LogP contribution in [0.2, 0.25) is 0 Å². The van der Waals surface area contributed by atoms with E-state index in [1.807, 2.05) is 6.92 Å². The highest BCUT2D eigenvalue weighted by molar-refractivity contribution is 7.89. The number of aryl methyl sites for hydroxylation is 1. The molecule has 0 aliphatic heterocycles. The smallest absolute Gasteiger partial charge is 0.340 e. The fourth-order valence-corrected chi connectivity index (χ4v) is 3.99.